The summed E-state index contributed by atoms with van der Waals surface area (Å²) >= 11 is 0. The van der Waals surface area contributed by atoms with Crippen LogP contribution in [-0.2, 0) is 16.0 Å². The molecule has 4 aromatic rings. The van der Waals surface area contributed by atoms with Crippen molar-refractivity contribution in [1.29, 1.82) is 0 Å². The number of carbonyl (C=O) groups excluding carboxylic acids is 2. The average molecular weight is 478 g/mol. The van der Waals surface area contributed by atoms with Crippen LogP contribution in [0.3, 0.4) is 0 Å². The monoisotopic (exact) mass is 477 g/mol. The van der Waals surface area contributed by atoms with E-state index in [2.05, 4.69) is 38.1 Å². The topological polar surface area (TPSA) is 98.9 Å². The molecule has 1 aliphatic rings. The number of nitrogens with one attached hydrogen (secondary N) is 4. The van der Waals surface area contributed by atoms with Gasteiger partial charge in [0.1, 0.15) is 0 Å². The van der Waals surface area contributed by atoms with Gasteiger partial charge in [0.25, 0.3) is 5.91 Å². The number of rotatable bonds is 8. The van der Waals surface area contributed by atoms with E-state index >= 15 is 0 Å². The minimum absolute atomic E-state index is 0.0137. The number of hydrogen-bond acceptors (Lipinski definition) is 4. The molecule has 4 N–H and O–H groups in total. The highest BCUT2D eigenvalue weighted by Gasteiger charge is 2.28. The number of aromatic amines is 1. The summed E-state index contributed by atoms with van der Waals surface area (Å²) in [5.41, 5.74) is 7.87. The Hall–Kier alpha value is -4.65. The Labute approximate surface area is 209 Å². The number of imidazole rings is 1. The van der Waals surface area contributed by atoms with Gasteiger partial charge in [-0.25, -0.2) is 4.98 Å². The molecule has 1 aliphatic heterocycles. The van der Waals surface area contributed by atoms with Gasteiger partial charge >= 0.3 is 0 Å². The zero-order valence-electron chi connectivity index (χ0n) is 20.0. The zero-order chi connectivity index (χ0) is 24.9. The molecule has 180 valence electrons. The molecule has 0 saturated heterocycles. The number of amides is 2. The molecule has 7 nitrogen and oxygen atoms in total. The molecule has 0 saturated carbocycles. The first-order chi connectivity index (χ1) is 17.6. The number of carbonyl (C=O) groups is 2. The number of para-hydroxylation sites is 1. The SMILES string of the molecule is CC(=O)NCCCc1ccc(/C(Nc2ccc(-c3c[nH]cn3)cc2)=C2/C(=O)Nc3ccccc32)cc1. The first-order valence-corrected chi connectivity index (χ1v) is 11.9. The fourth-order valence-corrected chi connectivity index (χ4v) is 4.33. The second-order valence-electron chi connectivity index (χ2n) is 8.69. The third-order valence-electron chi connectivity index (χ3n) is 6.13. The highest BCUT2D eigenvalue weighted by atomic mass is 16.2. The minimum atomic E-state index is -0.133. The van der Waals surface area contributed by atoms with Gasteiger partial charge in [-0.2, -0.15) is 0 Å². The molecule has 0 radical (unpaired) electrons. The average Bonchev–Trinajstić information content (AvgIpc) is 3.54. The van der Waals surface area contributed by atoms with Crippen molar-refractivity contribution >= 4 is 34.5 Å². The predicted molar refractivity (Wildman–Crippen MR) is 143 cm³/mol. The molecule has 0 unspecified atom stereocenters. The molecule has 36 heavy (non-hydrogen) atoms. The summed E-state index contributed by atoms with van der Waals surface area (Å²) < 4.78 is 0. The van der Waals surface area contributed by atoms with E-state index in [1.807, 2.05) is 66.9 Å². The van der Waals surface area contributed by atoms with Gasteiger partial charge in [-0.1, -0.05) is 54.6 Å². The van der Waals surface area contributed by atoms with Crippen molar-refractivity contribution in [2.45, 2.75) is 19.8 Å². The predicted octanol–water partition coefficient (Wildman–Crippen LogP) is 5.08. The maximum absolute atomic E-state index is 13.1. The van der Waals surface area contributed by atoms with Crippen molar-refractivity contribution in [3.8, 4) is 11.3 Å². The summed E-state index contributed by atoms with van der Waals surface area (Å²) in [6, 6.07) is 23.9. The van der Waals surface area contributed by atoms with Crippen LogP contribution in [0.2, 0.25) is 0 Å². The van der Waals surface area contributed by atoms with E-state index in [0.29, 0.717) is 12.1 Å². The number of hydrogen-bond donors (Lipinski definition) is 4. The lowest BCUT2D eigenvalue weighted by Gasteiger charge is -2.16. The molecule has 0 spiro atoms. The van der Waals surface area contributed by atoms with Crippen LogP contribution in [0.5, 0.6) is 0 Å². The summed E-state index contributed by atoms with van der Waals surface area (Å²) in [7, 11) is 0. The second-order valence-corrected chi connectivity index (χ2v) is 8.69. The van der Waals surface area contributed by atoms with Gasteiger partial charge in [0.2, 0.25) is 5.91 Å². The highest BCUT2D eigenvalue weighted by Crippen LogP contribution is 2.37. The zero-order valence-corrected chi connectivity index (χ0v) is 20.0. The van der Waals surface area contributed by atoms with E-state index in [-0.39, 0.29) is 11.8 Å². The van der Waals surface area contributed by atoms with Crippen LogP contribution in [0.15, 0.2) is 85.3 Å². The summed E-state index contributed by atoms with van der Waals surface area (Å²) in [5, 5.41) is 9.32. The maximum atomic E-state index is 13.1. The van der Waals surface area contributed by atoms with Crippen LogP contribution < -0.4 is 16.0 Å². The van der Waals surface area contributed by atoms with Gasteiger partial charge in [-0.05, 0) is 42.2 Å². The molecule has 0 bridgehead atoms. The first-order valence-electron chi connectivity index (χ1n) is 11.9. The molecule has 7 heteroatoms. The van der Waals surface area contributed by atoms with Crippen molar-refractivity contribution in [3.05, 3.63) is 102 Å². The van der Waals surface area contributed by atoms with Crippen molar-refractivity contribution in [2.24, 2.45) is 0 Å². The number of anilines is 2. The number of aromatic nitrogens is 2. The first kappa shape index (κ1) is 23.1. The highest BCUT2D eigenvalue weighted by molar-refractivity contribution is 6.37. The molecule has 0 fully saturated rings. The molecule has 0 atom stereocenters. The largest absolute Gasteiger partial charge is 0.356 e. The van der Waals surface area contributed by atoms with Crippen LogP contribution in [0.4, 0.5) is 11.4 Å². The van der Waals surface area contributed by atoms with Gasteiger partial charge in [0, 0.05) is 42.2 Å². The summed E-state index contributed by atoms with van der Waals surface area (Å²) in [4.78, 5) is 31.5. The van der Waals surface area contributed by atoms with Gasteiger partial charge in [0.15, 0.2) is 0 Å². The number of benzene rings is 3. The molecule has 2 heterocycles. The van der Waals surface area contributed by atoms with E-state index in [1.54, 1.807) is 6.33 Å². The Morgan fingerprint density at radius 1 is 0.972 bits per heavy atom. The normalized spacial score (nSPS) is 13.6. The van der Waals surface area contributed by atoms with E-state index in [9.17, 15) is 9.59 Å². The van der Waals surface area contributed by atoms with Crippen molar-refractivity contribution in [2.75, 3.05) is 17.2 Å². The molecule has 0 aliphatic carbocycles. The fraction of sp³-hybridized carbons (Fsp3) is 0.138. The van der Waals surface area contributed by atoms with Crippen LogP contribution in [0.25, 0.3) is 22.5 Å². The van der Waals surface area contributed by atoms with E-state index in [0.717, 1.165) is 52.3 Å². The van der Waals surface area contributed by atoms with Crippen molar-refractivity contribution < 1.29 is 9.59 Å². The molecule has 3 aromatic carbocycles. The number of nitrogens with zero attached hydrogens (tertiary/aromatic N) is 1. The maximum Gasteiger partial charge on any atom is 0.258 e. The third-order valence-corrected chi connectivity index (χ3v) is 6.13. The lowest BCUT2D eigenvalue weighted by molar-refractivity contribution is -0.119. The Balaban J connectivity index is 1.46. The van der Waals surface area contributed by atoms with Crippen LogP contribution >= 0.6 is 0 Å². The number of aryl methyl sites for hydroxylation is 1. The Morgan fingerprint density at radius 3 is 2.47 bits per heavy atom. The smallest absolute Gasteiger partial charge is 0.258 e. The standard InChI is InChI=1S/C29H27N5O2/c1-19(35)31-16-4-5-20-8-10-22(11-9-20)28(27-24-6-2-3-7-25(24)34-29(27)36)33-23-14-12-21(13-15-23)26-17-30-18-32-26/h2-3,6-15,17-18,33H,4-5,16H2,1H3,(H,30,32)(H,31,35)(H,34,36)/b28-27-. The Kier molecular flexibility index (Phi) is 6.62. The molecule has 1 aromatic heterocycles. The molecular formula is C29H27N5O2. The third kappa shape index (κ3) is 5.05. The van der Waals surface area contributed by atoms with Crippen LogP contribution in [0.1, 0.15) is 30.0 Å². The minimum Gasteiger partial charge on any atom is -0.356 e. The van der Waals surface area contributed by atoms with Crippen molar-refractivity contribution in [3.63, 3.8) is 0 Å². The van der Waals surface area contributed by atoms with Gasteiger partial charge in [-0.3, -0.25) is 9.59 Å². The van der Waals surface area contributed by atoms with E-state index < -0.39 is 0 Å². The quantitative estimate of drug-likeness (QED) is 0.210. The number of H-pyrrole nitrogens is 1. The van der Waals surface area contributed by atoms with Crippen molar-refractivity contribution in [1.82, 2.24) is 15.3 Å². The molecular weight excluding hydrogens is 450 g/mol. The molecule has 5 rings (SSSR count). The van der Waals surface area contributed by atoms with Gasteiger partial charge < -0.3 is 20.9 Å². The Bertz CT molecular complexity index is 1410. The summed E-state index contributed by atoms with van der Waals surface area (Å²) in [6.45, 7) is 2.18. The van der Waals surface area contributed by atoms with Gasteiger partial charge in [-0.15, -0.1) is 0 Å². The van der Waals surface area contributed by atoms with Crippen LogP contribution in [0, 0.1) is 0 Å². The lowest BCUT2D eigenvalue weighted by atomic mass is 9.98. The van der Waals surface area contributed by atoms with Crippen LogP contribution in [-0.4, -0.2) is 28.3 Å². The number of fused-ring (bicyclic) bond motifs is 1. The van der Waals surface area contributed by atoms with E-state index in [4.69, 9.17) is 0 Å². The van der Waals surface area contributed by atoms with Gasteiger partial charge in [0.05, 0.1) is 23.3 Å². The summed E-state index contributed by atoms with van der Waals surface area (Å²) in [6.07, 6.45) is 5.23. The fourth-order valence-electron chi connectivity index (χ4n) is 4.33. The van der Waals surface area contributed by atoms with E-state index in [1.165, 1.54) is 12.5 Å². The Morgan fingerprint density at radius 2 is 1.75 bits per heavy atom. The molecule has 2 amide bonds. The lowest BCUT2D eigenvalue weighted by Crippen LogP contribution is -2.21. The second kappa shape index (κ2) is 10.3. The summed E-state index contributed by atoms with van der Waals surface area (Å²) in [5.74, 6) is -0.147.